The van der Waals surface area contributed by atoms with Crippen molar-refractivity contribution in [3.63, 3.8) is 0 Å². The molecular weight excluding hydrogens is 275 g/mol. The van der Waals surface area contributed by atoms with Gasteiger partial charge in [-0.15, -0.1) is 0 Å². The highest BCUT2D eigenvalue weighted by Crippen LogP contribution is 2.34. The van der Waals surface area contributed by atoms with Gasteiger partial charge in [-0.25, -0.2) is 9.38 Å². The van der Waals surface area contributed by atoms with Crippen LogP contribution in [0.15, 0.2) is 35.1 Å². The molecule has 1 unspecified atom stereocenters. The number of nitro groups is 1. The zero-order valence-electron chi connectivity index (χ0n) is 9.64. The summed E-state index contributed by atoms with van der Waals surface area (Å²) in [6, 6.07) is 3.70. The summed E-state index contributed by atoms with van der Waals surface area (Å²) >= 11 is 5.68. The van der Waals surface area contributed by atoms with Crippen molar-refractivity contribution in [3.8, 4) is 0 Å². The van der Waals surface area contributed by atoms with Crippen LogP contribution in [-0.2, 0) is 5.54 Å². The van der Waals surface area contributed by atoms with E-state index in [9.17, 15) is 14.5 Å². The number of hydrogen-bond donors (Lipinski definition) is 2. The zero-order valence-corrected chi connectivity index (χ0v) is 10.4. The zero-order chi connectivity index (χ0) is 14.2. The lowest BCUT2D eigenvalue weighted by molar-refractivity contribution is -0.436. The van der Waals surface area contributed by atoms with Gasteiger partial charge >= 0.3 is 0 Å². The highest BCUT2D eigenvalue weighted by Gasteiger charge is 2.43. The first-order chi connectivity index (χ1) is 8.84. The van der Waals surface area contributed by atoms with Gasteiger partial charge in [0.1, 0.15) is 23.4 Å². The molecule has 0 amide bonds. The molecule has 2 rings (SSSR count). The molecule has 1 aromatic rings. The molecule has 0 radical (unpaired) electrons. The Kier molecular flexibility index (Phi) is 3.25. The molecule has 0 spiro atoms. The van der Waals surface area contributed by atoms with E-state index in [0.29, 0.717) is 5.56 Å². The highest BCUT2D eigenvalue weighted by molar-refractivity contribution is 6.30. The molecule has 8 heteroatoms. The Labute approximate surface area is 112 Å². The molecule has 1 aliphatic rings. The summed E-state index contributed by atoms with van der Waals surface area (Å²) in [4.78, 5) is 14.1. The molecule has 0 saturated heterocycles. The van der Waals surface area contributed by atoms with Gasteiger partial charge < -0.3 is 11.5 Å². The number of hydrogen-bond acceptors (Lipinski definition) is 5. The van der Waals surface area contributed by atoms with Crippen LogP contribution in [-0.4, -0.2) is 10.8 Å². The number of rotatable bonds is 2. The van der Waals surface area contributed by atoms with Crippen LogP contribution in [0, 0.1) is 15.9 Å². The van der Waals surface area contributed by atoms with Gasteiger partial charge in [0.25, 0.3) is 5.70 Å². The Morgan fingerprint density at radius 3 is 2.79 bits per heavy atom. The fourth-order valence-electron chi connectivity index (χ4n) is 1.91. The normalized spacial score (nSPS) is 22.7. The summed E-state index contributed by atoms with van der Waals surface area (Å²) in [5, 5.41) is 10.9. The van der Waals surface area contributed by atoms with Crippen molar-refractivity contribution in [2.75, 3.05) is 0 Å². The van der Waals surface area contributed by atoms with E-state index in [1.54, 1.807) is 0 Å². The first-order valence-corrected chi connectivity index (χ1v) is 5.64. The minimum Gasteiger partial charge on any atom is -0.387 e. The first-order valence-electron chi connectivity index (χ1n) is 5.26. The van der Waals surface area contributed by atoms with Crippen molar-refractivity contribution in [3.05, 3.63) is 56.6 Å². The summed E-state index contributed by atoms with van der Waals surface area (Å²) in [5.41, 5.74) is 10.2. The van der Waals surface area contributed by atoms with Crippen LogP contribution in [0.4, 0.5) is 4.39 Å². The van der Waals surface area contributed by atoms with Gasteiger partial charge in [0.15, 0.2) is 0 Å². The van der Waals surface area contributed by atoms with Crippen LogP contribution < -0.4 is 11.5 Å². The lowest BCUT2D eigenvalue weighted by Gasteiger charge is -2.28. The van der Waals surface area contributed by atoms with E-state index in [1.165, 1.54) is 12.1 Å². The Morgan fingerprint density at radius 2 is 2.21 bits per heavy atom. The first kappa shape index (κ1) is 13.4. The minimum atomic E-state index is -1.48. The predicted molar refractivity (Wildman–Crippen MR) is 68.6 cm³/mol. The molecule has 1 heterocycles. The Bertz CT molecular complexity index is 617. The third kappa shape index (κ3) is 2.29. The Hall–Kier alpha value is -1.99. The molecule has 0 fully saturated rings. The average Bonchev–Trinajstić information content (AvgIpc) is 2.31. The second kappa shape index (κ2) is 4.60. The predicted octanol–water partition coefficient (Wildman–Crippen LogP) is 1.51. The van der Waals surface area contributed by atoms with Crippen molar-refractivity contribution in [1.29, 1.82) is 0 Å². The van der Waals surface area contributed by atoms with Gasteiger partial charge in [0, 0.05) is 6.42 Å². The molecule has 1 aromatic carbocycles. The van der Waals surface area contributed by atoms with E-state index in [4.69, 9.17) is 23.1 Å². The summed E-state index contributed by atoms with van der Waals surface area (Å²) in [7, 11) is 0. The number of halogens is 2. The maximum Gasteiger partial charge on any atom is 0.288 e. The number of aliphatic imine (C=N–C) groups is 1. The fourth-order valence-corrected chi connectivity index (χ4v) is 2.10. The van der Waals surface area contributed by atoms with E-state index >= 15 is 0 Å². The van der Waals surface area contributed by atoms with Crippen molar-refractivity contribution in [2.45, 2.75) is 12.0 Å². The molecule has 100 valence electrons. The van der Waals surface area contributed by atoms with Crippen molar-refractivity contribution in [1.82, 2.24) is 0 Å². The molecule has 19 heavy (non-hydrogen) atoms. The lowest BCUT2D eigenvalue weighted by atomic mass is 9.83. The smallest absolute Gasteiger partial charge is 0.288 e. The van der Waals surface area contributed by atoms with Gasteiger partial charge in [0.2, 0.25) is 0 Å². The molecule has 1 atom stereocenters. The second-order valence-electron chi connectivity index (χ2n) is 4.17. The third-order valence-corrected chi connectivity index (χ3v) is 3.19. The Morgan fingerprint density at radius 1 is 1.53 bits per heavy atom. The van der Waals surface area contributed by atoms with Gasteiger partial charge in [0.05, 0.1) is 9.95 Å². The van der Waals surface area contributed by atoms with E-state index in [1.807, 2.05) is 0 Å². The minimum absolute atomic E-state index is 0.0399. The monoisotopic (exact) mass is 284 g/mol. The van der Waals surface area contributed by atoms with E-state index in [-0.39, 0.29) is 23.0 Å². The average molecular weight is 285 g/mol. The Balaban J connectivity index is 2.57. The fraction of sp³-hybridized carbons (Fsp3) is 0.182. The highest BCUT2D eigenvalue weighted by atomic mass is 35.5. The molecule has 0 saturated carbocycles. The summed E-state index contributed by atoms with van der Waals surface area (Å²) in [6.07, 6.45) is 0.970. The SMILES string of the molecule is NC1=NC=C([N+](=O)[O-])C(N)(c2ccc(F)c(Cl)c2)C1. The third-order valence-electron chi connectivity index (χ3n) is 2.90. The molecule has 1 aliphatic heterocycles. The summed E-state index contributed by atoms with van der Waals surface area (Å²) in [6.45, 7) is 0. The van der Waals surface area contributed by atoms with Crippen LogP contribution in [0.25, 0.3) is 0 Å². The largest absolute Gasteiger partial charge is 0.387 e. The number of amidine groups is 1. The molecule has 4 N–H and O–H groups in total. The summed E-state index contributed by atoms with van der Waals surface area (Å²) in [5.74, 6) is -0.466. The molecule has 0 bridgehead atoms. The maximum absolute atomic E-state index is 13.2. The van der Waals surface area contributed by atoms with Crippen LogP contribution in [0.3, 0.4) is 0 Å². The lowest BCUT2D eigenvalue weighted by Crippen LogP contribution is -2.46. The molecular formula is C11H10ClFN4O2. The van der Waals surface area contributed by atoms with Crippen molar-refractivity contribution in [2.24, 2.45) is 16.5 Å². The van der Waals surface area contributed by atoms with Crippen LogP contribution >= 0.6 is 11.6 Å². The number of nitrogens with zero attached hydrogens (tertiary/aromatic N) is 2. The van der Waals surface area contributed by atoms with Crippen LogP contribution in [0.1, 0.15) is 12.0 Å². The van der Waals surface area contributed by atoms with Gasteiger partial charge in [-0.2, -0.15) is 0 Å². The van der Waals surface area contributed by atoms with Crippen LogP contribution in [0.5, 0.6) is 0 Å². The standard InChI is InChI=1S/C11H10ClFN4O2/c12-7-3-6(1-2-8(7)13)11(15)4-10(14)16-5-9(11)17(18)19/h1-3,5H,4,15H2,(H2,14,16). The van der Waals surface area contributed by atoms with Gasteiger partial charge in [-0.3, -0.25) is 10.1 Å². The number of nitrogens with two attached hydrogens (primary N) is 2. The van der Waals surface area contributed by atoms with Gasteiger partial charge in [-0.05, 0) is 17.7 Å². The van der Waals surface area contributed by atoms with E-state index in [0.717, 1.165) is 12.3 Å². The quantitative estimate of drug-likeness (QED) is 0.634. The van der Waals surface area contributed by atoms with Crippen molar-refractivity contribution < 1.29 is 9.31 Å². The second-order valence-corrected chi connectivity index (χ2v) is 4.58. The summed E-state index contributed by atoms with van der Waals surface area (Å²) < 4.78 is 13.2. The maximum atomic E-state index is 13.2. The van der Waals surface area contributed by atoms with Crippen LogP contribution in [0.2, 0.25) is 5.02 Å². The number of benzene rings is 1. The van der Waals surface area contributed by atoms with E-state index < -0.39 is 16.3 Å². The van der Waals surface area contributed by atoms with Crippen molar-refractivity contribution >= 4 is 17.4 Å². The van der Waals surface area contributed by atoms with E-state index in [2.05, 4.69) is 4.99 Å². The molecule has 0 aliphatic carbocycles. The topological polar surface area (TPSA) is 108 Å². The molecule has 6 nitrogen and oxygen atoms in total. The molecule has 0 aromatic heterocycles. The van der Waals surface area contributed by atoms with Gasteiger partial charge in [-0.1, -0.05) is 17.7 Å².